The summed E-state index contributed by atoms with van der Waals surface area (Å²) in [6.45, 7) is 3.90. The van der Waals surface area contributed by atoms with E-state index >= 15 is 0 Å². The summed E-state index contributed by atoms with van der Waals surface area (Å²) in [6.07, 6.45) is -0.0807. The minimum Gasteiger partial charge on any atom is -0.502 e. The SMILES string of the molecule is COCc1cc(=O)c(O)c([C@H](CC(=O)OC)c2ccc(OC(C)C)cc2)o1. The van der Waals surface area contributed by atoms with Crippen molar-refractivity contribution in [2.24, 2.45) is 0 Å². The van der Waals surface area contributed by atoms with Crippen molar-refractivity contribution in [3.63, 3.8) is 0 Å². The van der Waals surface area contributed by atoms with Gasteiger partial charge in [0.25, 0.3) is 0 Å². The van der Waals surface area contributed by atoms with Gasteiger partial charge >= 0.3 is 5.97 Å². The summed E-state index contributed by atoms with van der Waals surface area (Å²) in [5.74, 6) is -0.810. The minimum absolute atomic E-state index is 0.00234. The number of carbonyl (C=O) groups excluding carboxylic acids is 1. The van der Waals surface area contributed by atoms with Crippen molar-refractivity contribution in [3.05, 3.63) is 57.6 Å². The van der Waals surface area contributed by atoms with Crippen molar-refractivity contribution in [2.75, 3.05) is 14.2 Å². The number of aromatic hydroxyl groups is 1. The summed E-state index contributed by atoms with van der Waals surface area (Å²) in [5, 5.41) is 10.3. The van der Waals surface area contributed by atoms with Gasteiger partial charge in [-0.3, -0.25) is 9.59 Å². The molecule has 1 N–H and O–H groups in total. The van der Waals surface area contributed by atoms with Gasteiger partial charge in [0.1, 0.15) is 18.1 Å². The van der Waals surface area contributed by atoms with Crippen molar-refractivity contribution < 1.29 is 28.5 Å². The van der Waals surface area contributed by atoms with E-state index in [2.05, 4.69) is 0 Å². The zero-order valence-corrected chi connectivity index (χ0v) is 15.9. The maximum absolute atomic E-state index is 12.1. The molecular weight excluding hydrogens is 352 g/mol. The monoisotopic (exact) mass is 376 g/mol. The molecule has 1 heterocycles. The molecule has 2 aromatic rings. The Hall–Kier alpha value is -2.80. The molecule has 0 bridgehead atoms. The Morgan fingerprint density at radius 1 is 1.19 bits per heavy atom. The van der Waals surface area contributed by atoms with E-state index in [1.165, 1.54) is 14.2 Å². The molecule has 27 heavy (non-hydrogen) atoms. The van der Waals surface area contributed by atoms with E-state index in [0.717, 1.165) is 6.07 Å². The maximum atomic E-state index is 12.1. The third kappa shape index (κ3) is 5.34. The second-order valence-corrected chi connectivity index (χ2v) is 6.29. The molecule has 1 aromatic carbocycles. The quantitative estimate of drug-likeness (QED) is 0.708. The average molecular weight is 376 g/mol. The van der Waals surface area contributed by atoms with Gasteiger partial charge < -0.3 is 23.7 Å². The number of hydrogen-bond acceptors (Lipinski definition) is 7. The third-order valence-electron chi connectivity index (χ3n) is 3.86. The summed E-state index contributed by atoms with van der Waals surface area (Å²) < 4.78 is 21.0. The Morgan fingerprint density at radius 3 is 2.41 bits per heavy atom. The van der Waals surface area contributed by atoms with Crippen LogP contribution >= 0.6 is 0 Å². The van der Waals surface area contributed by atoms with Gasteiger partial charge in [-0.05, 0) is 31.5 Å². The van der Waals surface area contributed by atoms with Crippen molar-refractivity contribution >= 4 is 5.97 Å². The standard InChI is InChI=1S/C20H24O7/c1-12(2)26-14-7-5-13(6-8-14)16(10-18(22)25-4)20-19(23)17(21)9-15(27-20)11-24-3/h5-9,12,16,23H,10-11H2,1-4H3/t16-/m1/s1. The van der Waals surface area contributed by atoms with E-state index in [9.17, 15) is 14.7 Å². The first-order chi connectivity index (χ1) is 12.8. The van der Waals surface area contributed by atoms with Gasteiger partial charge in [0.2, 0.25) is 11.2 Å². The van der Waals surface area contributed by atoms with E-state index in [1.54, 1.807) is 24.3 Å². The van der Waals surface area contributed by atoms with E-state index in [-0.39, 0.29) is 30.7 Å². The normalized spacial score (nSPS) is 12.0. The Balaban J connectivity index is 2.49. The largest absolute Gasteiger partial charge is 0.502 e. The summed E-state index contributed by atoms with van der Waals surface area (Å²) in [7, 11) is 2.74. The molecule has 0 aliphatic carbocycles. The second kappa shape index (κ2) is 9.23. The second-order valence-electron chi connectivity index (χ2n) is 6.29. The van der Waals surface area contributed by atoms with Crippen LogP contribution in [0.3, 0.4) is 0 Å². The number of carbonyl (C=O) groups is 1. The molecule has 1 aromatic heterocycles. The molecule has 0 aliphatic heterocycles. The van der Waals surface area contributed by atoms with Crippen molar-refractivity contribution in [2.45, 2.75) is 38.9 Å². The lowest BCUT2D eigenvalue weighted by molar-refractivity contribution is -0.140. The van der Waals surface area contributed by atoms with E-state index in [1.807, 2.05) is 13.8 Å². The maximum Gasteiger partial charge on any atom is 0.306 e. The third-order valence-corrected chi connectivity index (χ3v) is 3.86. The average Bonchev–Trinajstić information content (AvgIpc) is 2.63. The van der Waals surface area contributed by atoms with E-state index in [0.29, 0.717) is 11.3 Å². The predicted molar refractivity (Wildman–Crippen MR) is 98.0 cm³/mol. The van der Waals surface area contributed by atoms with Crippen molar-refractivity contribution in [1.82, 2.24) is 0 Å². The molecule has 0 unspecified atom stereocenters. The smallest absolute Gasteiger partial charge is 0.306 e. The number of ether oxygens (including phenoxy) is 3. The van der Waals surface area contributed by atoms with Crippen LogP contribution in [-0.4, -0.2) is 31.4 Å². The zero-order valence-electron chi connectivity index (χ0n) is 15.9. The van der Waals surface area contributed by atoms with Gasteiger partial charge in [-0.1, -0.05) is 12.1 Å². The summed E-state index contributed by atoms with van der Waals surface area (Å²) >= 11 is 0. The van der Waals surface area contributed by atoms with Crippen LogP contribution in [-0.2, 0) is 20.9 Å². The highest BCUT2D eigenvalue weighted by atomic mass is 16.5. The molecule has 7 heteroatoms. The van der Waals surface area contributed by atoms with E-state index in [4.69, 9.17) is 18.6 Å². The Kier molecular flexibility index (Phi) is 7.01. The Labute approximate surface area is 157 Å². The van der Waals surface area contributed by atoms with Gasteiger partial charge in [0, 0.05) is 13.2 Å². The lowest BCUT2D eigenvalue weighted by Gasteiger charge is -2.18. The van der Waals surface area contributed by atoms with Gasteiger partial charge in [-0.25, -0.2) is 0 Å². The fourth-order valence-corrected chi connectivity index (χ4v) is 2.67. The summed E-state index contributed by atoms with van der Waals surface area (Å²) in [5.41, 5.74) is 0.0717. The van der Waals surface area contributed by atoms with Crippen LogP contribution in [0.2, 0.25) is 0 Å². The lowest BCUT2D eigenvalue weighted by Crippen LogP contribution is -2.14. The number of rotatable bonds is 8. The molecule has 0 fully saturated rings. The first kappa shape index (κ1) is 20.5. The highest BCUT2D eigenvalue weighted by molar-refractivity contribution is 5.71. The summed E-state index contributed by atoms with van der Waals surface area (Å²) in [4.78, 5) is 24.0. The van der Waals surface area contributed by atoms with Gasteiger partial charge in [-0.15, -0.1) is 0 Å². The molecule has 0 saturated heterocycles. The fourth-order valence-electron chi connectivity index (χ4n) is 2.67. The first-order valence-electron chi connectivity index (χ1n) is 8.54. The lowest BCUT2D eigenvalue weighted by atomic mass is 9.92. The highest BCUT2D eigenvalue weighted by Gasteiger charge is 2.26. The number of hydrogen-bond donors (Lipinski definition) is 1. The van der Waals surface area contributed by atoms with Gasteiger partial charge in [-0.2, -0.15) is 0 Å². The summed E-state index contributed by atoms with van der Waals surface area (Å²) in [6, 6.07) is 8.19. The van der Waals surface area contributed by atoms with E-state index < -0.39 is 23.1 Å². The first-order valence-corrected chi connectivity index (χ1v) is 8.54. The van der Waals surface area contributed by atoms with Crippen LogP contribution in [0, 0.1) is 0 Å². The van der Waals surface area contributed by atoms with Crippen molar-refractivity contribution in [1.29, 1.82) is 0 Å². The highest BCUT2D eigenvalue weighted by Crippen LogP contribution is 2.34. The molecule has 146 valence electrons. The van der Waals surface area contributed by atoms with Crippen LogP contribution in [0.1, 0.15) is 43.3 Å². The minimum atomic E-state index is -0.699. The molecular formula is C20H24O7. The molecule has 1 atom stereocenters. The van der Waals surface area contributed by atoms with Crippen LogP contribution in [0.25, 0.3) is 0 Å². The predicted octanol–water partition coefficient (Wildman–Crippen LogP) is 2.97. The Bertz CT molecular complexity index is 821. The number of esters is 1. The molecule has 7 nitrogen and oxygen atoms in total. The number of benzene rings is 1. The molecule has 0 saturated carbocycles. The van der Waals surface area contributed by atoms with Crippen LogP contribution in [0.15, 0.2) is 39.5 Å². The van der Waals surface area contributed by atoms with Gasteiger partial charge in [0.15, 0.2) is 5.76 Å². The Morgan fingerprint density at radius 2 is 1.85 bits per heavy atom. The molecule has 0 aliphatic rings. The number of methoxy groups -OCH3 is 2. The fraction of sp³-hybridized carbons (Fsp3) is 0.400. The van der Waals surface area contributed by atoms with Crippen LogP contribution in [0.5, 0.6) is 11.5 Å². The van der Waals surface area contributed by atoms with Crippen LogP contribution < -0.4 is 10.2 Å². The zero-order chi connectivity index (χ0) is 20.0. The van der Waals surface area contributed by atoms with Gasteiger partial charge in [0.05, 0.1) is 25.6 Å². The molecule has 2 rings (SSSR count). The molecule has 0 amide bonds. The molecule has 0 spiro atoms. The molecule has 0 radical (unpaired) electrons. The topological polar surface area (TPSA) is 95.2 Å². The van der Waals surface area contributed by atoms with Crippen LogP contribution in [0.4, 0.5) is 0 Å². The van der Waals surface area contributed by atoms with Crippen molar-refractivity contribution in [3.8, 4) is 11.5 Å².